The van der Waals surface area contributed by atoms with Gasteiger partial charge < -0.3 is 15.0 Å². The normalized spacial score (nSPS) is 14.6. The summed E-state index contributed by atoms with van der Waals surface area (Å²) in [4.78, 5) is 4.77. The predicted octanol–water partition coefficient (Wildman–Crippen LogP) is 4.22. The molecule has 28 heavy (non-hydrogen) atoms. The highest BCUT2D eigenvalue weighted by atomic mass is 32.1. The second kappa shape index (κ2) is 10.6. The third-order valence-corrected chi connectivity index (χ3v) is 5.58. The standard InChI is InChI=1S/C23H31N3OS/c1-19-8-10-22(11-9-19)24-23(28)26(18-21-7-4-3-6-20(21)2)13-5-12-25-14-16-27-17-15-25/h3-4,6-11H,5,12-18H2,1-2H3,(H,24,28). The molecule has 0 spiro atoms. The second-order valence-electron chi connectivity index (χ2n) is 7.45. The first-order valence-corrected chi connectivity index (χ1v) is 10.5. The van der Waals surface area contributed by atoms with Gasteiger partial charge in [0.25, 0.3) is 0 Å². The van der Waals surface area contributed by atoms with E-state index in [1.54, 1.807) is 0 Å². The van der Waals surface area contributed by atoms with Crippen LogP contribution >= 0.6 is 12.2 Å². The molecule has 1 heterocycles. The van der Waals surface area contributed by atoms with Gasteiger partial charge in [0.1, 0.15) is 0 Å². The van der Waals surface area contributed by atoms with Gasteiger partial charge in [0, 0.05) is 38.4 Å². The van der Waals surface area contributed by atoms with Gasteiger partial charge >= 0.3 is 0 Å². The van der Waals surface area contributed by atoms with E-state index < -0.39 is 0 Å². The van der Waals surface area contributed by atoms with Crippen LogP contribution in [-0.4, -0.2) is 54.3 Å². The Balaban J connectivity index is 1.63. The monoisotopic (exact) mass is 397 g/mol. The summed E-state index contributed by atoms with van der Waals surface area (Å²) in [5.41, 5.74) is 4.91. The minimum absolute atomic E-state index is 0.786. The molecule has 1 N–H and O–H groups in total. The molecule has 2 aromatic rings. The van der Waals surface area contributed by atoms with E-state index in [0.29, 0.717) is 0 Å². The van der Waals surface area contributed by atoms with Gasteiger partial charge in [0.05, 0.1) is 13.2 Å². The molecule has 0 saturated carbocycles. The number of nitrogens with zero attached hydrogens (tertiary/aromatic N) is 2. The van der Waals surface area contributed by atoms with Crippen molar-refractivity contribution in [3.63, 3.8) is 0 Å². The zero-order valence-electron chi connectivity index (χ0n) is 17.0. The van der Waals surface area contributed by atoms with Crippen LogP contribution in [0.25, 0.3) is 0 Å². The molecular formula is C23H31N3OS. The SMILES string of the molecule is Cc1ccc(NC(=S)N(CCCN2CCOCC2)Cc2ccccc2C)cc1. The molecule has 0 aromatic heterocycles. The van der Waals surface area contributed by atoms with E-state index in [0.717, 1.165) is 63.2 Å². The number of thiocarbonyl (C=S) groups is 1. The third-order valence-electron chi connectivity index (χ3n) is 5.22. The zero-order valence-corrected chi connectivity index (χ0v) is 17.8. The lowest BCUT2D eigenvalue weighted by Crippen LogP contribution is -2.40. The van der Waals surface area contributed by atoms with Crippen LogP contribution in [0, 0.1) is 13.8 Å². The first-order valence-electron chi connectivity index (χ1n) is 10.1. The van der Waals surface area contributed by atoms with E-state index in [1.165, 1.54) is 16.7 Å². The van der Waals surface area contributed by atoms with Crippen LogP contribution in [0.3, 0.4) is 0 Å². The van der Waals surface area contributed by atoms with Gasteiger partial charge in [-0.05, 0) is 55.7 Å². The molecule has 150 valence electrons. The molecule has 0 aliphatic carbocycles. The van der Waals surface area contributed by atoms with Crippen molar-refractivity contribution in [2.75, 3.05) is 44.7 Å². The maximum absolute atomic E-state index is 5.78. The lowest BCUT2D eigenvalue weighted by Gasteiger charge is -2.30. The van der Waals surface area contributed by atoms with Gasteiger partial charge in [-0.3, -0.25) is 4.90 Å². The number of rotatable bonds is 7. The van der Waals surface area contributed by atoms with E-state index in [1.807, 2.05) is 0 Å². The van der Waals surface area contributed by atoms with Crippen molar-refractivity contribution in [2.45, 2.75) is 26.8 Å². The van der Waals surface area contributed by atoms with Gasteiger partial charge in [0.15, 0.2) is 5.11 Å². The van der Waals surface area contributed by atoms with Gasteiger partial charge in [-0.15, -0.1) is 0 Å². The topological polar surface area (TPSA) is 27.7 Å². The molecule has 0 amide bonds. The summed E-state index contributed by atoms with van der Waals surface area (Å²) >= 11 is 5.78. The minimum Gasteiger partial charge on any atom is -0.379 e. The molecule has 1 aliphatic rings. The van der Waals surface area contributed by atoms with Gasteiger partial charge in [-0.2, -0.15) is 0 Å². The summed E-state index contributed by atoms with van der Waals surface area (Å²) in [6.07, 6.45) is 1.08. The van der Waals surface area contributed by atoms with Crippen LogP contribution in [0.2, 0.25) is 0 Å². The fourth-order valence-electron chi connectivity index (χ4n) is 3.39. The van der Waals surface area contributed by atoms with E-state index in [4.69, 9.17) is 17.0 Å². The van der Waals surface area contributed by atoms with E-state index >= 15 is 0 Å². The van der Waals surface area contributed by atoms with Crippen LogP contribution < -0.4 is 5.32 Å². The van der Waals surface area contributed by atoms with Crippen LogP contribution in [-0.2, 0) is 11.3 Å². The Hall–Kier alpha value is -1.95. The van der Waals surface area contributed by atoms with Gasteiger partial charge in [-0.1, -0.05) is 42.0 Å². The summed E-state index contributed by atoms with van der Waals surface area (Å²) in [6.45, 7) is 10.9. The molecule has 5 heteroatoms. The minimum atomic E-state index is 0.786. The van der Waals surface area contributed by atoms with Crippen LogP contribution in [0.4, 0.5) is 5.69 Å². The predicted molar refractivity (Wildman–Crippen MR) is 121 cm³/mol. The summed E-state index contributed by atoms with van der Waals surface area (Å²) in [5, 5.41) is 4.21. The van der Waals surface area contributed by atoms with Crippen LogP contribution in [0.15, 0.2) is 48.5 Å². The van der Waals surface area contributed by atoms with Crippen molar-refractivity contribution in [3.05, 3.63) is 65.2 Å². The molecule has 3 rings (SSSR count). The Morgan fingerprint density at radius 2 is 1.79 bits per heavy atom. The molecule has 0 unspecified atom stereocenters. The number of aryl methyl sites for hydroxylation is 2. The second-order valence-corrected chi connectivity index (χ2v) is 7.84. The number of ether oxygens (including phenoxy) is 1. The Bertz CT molecular complexity index is 757. The molecular weight excluding hydrogens is 366 g/mol. The summed E-state index contributed by atoms with van der Waals surface area (Å²) in [5.74, 6) is 0. The van der Waals surface area contributed by atoms with Crippen LogP contribution in [0.1, 0.15) is 23.1 Å². The van der Waals surface area contributed by atoms with Crippen molar-refractivity contribution in [1.82, 2.24) is 9.80 Å². The third kappa shape index (κ3) is 6.30. The van der Waals surface area contributed by atoms with Crippen molar-refractivity contribution >= 4 is 23.0 Å². The smallest absolute Gasteiger partial charge is 0.173 e. The van der Waals surface area contributed by atoms with E-state index in [9.17, 15) is 0 Å². The van der Waals surface area contributed by atoms with Gasteiger partial charge in [-0.25, -0.2) is 0 Å². The Kier molecular flexibility index (Phi) is 7.83. The number of anilines is 1. The molecule has 4 nitrogen and oxygen atoms in total. The van der Waals surface area contributed by atoms with Crippen LogP contribution in [0.5, 0.6) is 0 Å². The van der Waals surface area contributed by atoms with E-state index in [2.05, 4.69) is 77.5 Å². The molecule has 1 fully saturated rings. The average Bonchev–Trinajstić information content (AvgIpc) is 2.71. The lowest BCUT2D eigenvalue weighted by molar-refractivity contribution is 0.0368. The summed E-state index contributed by atoms with van der Waals surface area (Å²) in [7, 11) is 0. The molecule has 0 bridgehead atoms. The molecule has 2 aromatic carbocycles. The maximum Gasteiger partial charge on any atom is 0.173 e. The van der Waals surface area contributed by atoms with Crippen molar-refractivity contribution < 1.29 is 4.74 Å². The number of hydrogen-bond donors (Lipinski definition) is 1. The first-order chi connectivity index (χ1) is 13.6. The highest BCUT2D eigenvalue weighted by Crippen LogP contribution is 2.15. The molecule has 1 saturated heterocycles. The van der Waals surface area contributed by atoms with Crippen molar-refractivity contribution in [1.29, 1.82) is 0 Å². The average molecular weight is 398 g/mol. The Labute approximate surface area is 174 Å². The quantitative estimate of drug-likeness (QED) is 0.706. The zero-order chi connectivity index (χ0) is 19.8. The fraction of sp³-hybridized carbons (Fsp3) is 0.435. The summed E-state index contributed by atoms with van der Waals surface area (Å²) in [6, 6.07) is 16.9. The van der Waals surface area contributed by atoms with Crippen molar-refractivity contribution in [2.24, 2.45) is 0 Å². The van der Waals surface area contributed by atoms with Crippen molar-refractivity contribution in [3.8, 4) is 0 Å². The Morgan fingerprint density at radius 1 is 1.07 bits per heavy atom. The van der Waals surface area contributed by atoms with Gasteiger partial charge in [0.2, 0.25) is 0 Å². The number of hydrogen-bond acceptors (Lipinski definition) is 3. The number of nitrogens with one attached hydrogen (secondary N) is 1. The number of benzene rings is 2. The summed E-state index contributed by atoms with van der Waals surface area (Å²) < 4.78 is 5.45. The molecule has 0 radical (unpaired) electrons. The largest absolute Gasteiger partial charge is 0.379 e. The lowest BCUT2D eigenvalue weighted by atomic mass is 10.1. The Morgan fingerprint density at radius 3 is 2.50 bits per heavy atom. The highest BCUT2D eigenvalue weighted by Gasteiger charge is 2.14. The molecule has 1 aliphatic heterocycles. The fourth-order valence-corrected chi connectivity index (χ4v) is 3.67. The molecule has 0 atom stereocenters. The van der Waals surface area contributed by atoms with E-state index in [-0.39, 0.29) is 0 Å². The number of morpholine rings is 1. The first kappa shape index (κ1) is 20.8. The highest BCUT2D eigenvalue weighted by molar-refractivity contribution is 7.80. The maximum atomic E-state index is 5.78.